The van der Waals surface area contributed by atoms with E-state index in [1.54, 1.807) is 29.3 Å². The molecule has 1 amide bonds. The summed E-state index contributed by atoms with van der Waals surface area (Å²) in [6, 6.07) is 10.5. The number of benzene rings is 1. The van der Waals surface area contributed by atoms with Crippen molar-refractivity contribution >= 4 is 33.4 Å². The van der Waals surface area contributed by atoms with Crippen LogP contribution in [0.25, 0.3) is 0 Å². The third-order valence-corrected chi connectivity index (χ3v) is 7.47. The van der Waals surface area contributed by atoms with Crippen LogP contribution in [0.3, 0.4) is 0 Å². The van der Waals surface area contributed by atoms with E-state index >= 15 is 0 Å². The van der Waals surface area contributed by atoms with E-state index in [0.29, 0.717) is 44.3 Å². The minimum atomic E-state index is -3.62. The zero-order valence-corrected chi connectivity index (χ0v) is 16.2. The topological polar surface area (TPSA) is 79.8 Å². The highest BCUT2D eigenvalue weighted by atomic mass is 32.2. The zero-order chi connectivity index (χ0) is 18.9. The fourth-order valence-electron chi connectivity index (χ4n) is 3.11. The molecule has 1 aromatic carbocycles. The minimum Gasteiger partial charge on any atom is -0.379 e. The molecule has 142 valence electrons. The molecule has 0 radical (unpaired) electrons. The van der Waals surface area contributed by atoms with Gasteiger partial charge in [0.2, 0.25) is 15.9 Å². The van der Waals surface area contributed by atoms with Crippen molar-refractivity contribution in [3.8, 4) is 0 Å². The second-order valence-corrected chi connectivity index (χ2v) is 9.19. The molecular weight excluding hydrogens is 386 g/mol. The summed E-state index contributed by atoms with van der Waals surface area (Å²) in [5.41, 5.74) is 1.38. The maximum absolute atomic E-state index is 13.0. The number of carbonyl (C=O) groups excluding carboxylic acids is 1. The van der Waals surface area contributed by atoms with Crippen LogP contribution in [0.5, 0.6) is 0 Å². The Morgan fingerprint density at radius 1 is 1.15 bits per heavy atom. The third kappa shape index (κ3) is 3.73. The summed E-state index contributed by atoms with van der Waals surface area (Å²) in [6.45, 7) is 1.78. The van der Waals surface area contributed by atoms with Crippen LogP contribution in [-0.4, -0.2) is 55.7 Å². The lowest BCUT2D eigenvalue weighted by Gasteiger charge is -2.30. The highest BCUT2D eigenvalue weighted by molar-refractivity contribution is 8.00. The minimum absolute atomic E-state index is 0.0564. The Labute approximate surface area is 162 Å². The van der Waals surface area contributed by atoms with E-state index in [-0.39, 0.29) is 10.8 Å². The Kier molecular flexibility index (Phi) is 5.18. The predicted octanol–water partition coefficient (Wildman–Crippen LogP) is 1.74. The van der Waals surface area contributed by atoms with Crippen LogP contribution in [0.1, 0.15) is 5.69 Å². The average Bonchev–Trinajstić information content (AvgIpc) is 2.71. The van der Waals surface area contributed by atoms with Gasteiger partial charge in [-0.15, -0.1) is 11.8 Å². The van der Waals surface area contributed by atoms with Gasteiger partial charge in [0.25, 0.3) is 0 Å². The summed E-state index contributed by atoms with van der Waals surface area (Å²) in [6.07, 6.45) is 1.68. The zero-order valence-electron chi connectivity index (χ0n) is 14.6. The molecule has 0 saturated carbocycles. The van der Waals surface area contributed by atoms with Crippen LogP contribution >= 0.6 is 11.8 Å². The molecule has 2 aromatic rings. The number of hydrogen-bond acceptors (Lipinski definition) is 6. The van der Waals surface area contributed by atoms with Crippen molar-refractivity contribution < 1.29 is 17.9 Å². The van der Waals surface area contributed by atoms with Gasteiger partial charge in [-0.05, 0) is 30.3 Å². The Morgan fingerprint density at radius 3 is 2.70 bits per heavy atom. The Balaban J connectivity index is 1.69. The molecule has 2 aliphatic rings. The number of morpholine rings is 1. The van der Waals surface area contributed by atoms with E-state index in [0.717, 1.165) is 10.6 Å². The van der Waals surface area contributed by atoms with Gasteiger partial charge in [0, 0.05) is 24.2 Å². The predicted molar refractivity (Wildman–Crippen MR) is 102 cm³/mol. The third-order valence-electron chi connectivity index (χ3n) is 4.53. The monoisotopic (exact) mass is 405 g/mol. The van der Waals surface area contributed by atoms with Gasteiger partial charge in [0.05, 0.1) is 41.8 Å². The second-order valence-electron chi connectivity index (χ2n) is 6.24. The number of rotatable bonds is 4. The van der Waals surface area contributed by atoms with Crippen molar-refractivity contribution in [2.24, 2.45) is 0 Å². The van der Waals surface area contributed by atoms with E-state index in [9.17, 15) is 13.2 Å². The largest absolute Gasteiger partial charge is 0.379 e. The summed E-state index contributed by atoms with van der Waals surface area (Å²) < 4.78 is 32.6. The maximum atomic E-state index is 13.0. The molecule has 1 fully saturated rings. The van der Waals surface area contributed by atoms with Gasteiger partial charge in [0.1, 0.15) is 0 Å². The SMILES string of the molecule is O=C1CSc2ccc(S(=O)(=O)N3CCOCC3)cc2N1Cc1ccccn1. The molecule has 1 aromatic heterocycles. The Bertz CT molecular complexity index is 944. The lowest BCUT2D eigenvalue weighted by Crippen LogP contribution is -2.41. The van der Waals surface area contributed by atoms with Crippen molar-refractivity contribution in [2.75, 3.05) is 37.0 Å². The summed E-state index contributed by atoms with van der Waals surface area (Å²) in [7, 11) is -3.62. The van der Waals surface area contributed by atoms with E-state index < -0.39 is 10.0 Å². The van der Waals surface area contributed by atoms with Crippen LogP contribution in [0.15, 0.2) is 52.4 Å². The van der Waals surface area contributed by atoms with Crippen molar-refractivity contribution in [3.63, 3.8) is 0 Å². The first kappa shape index (κ1) is 18.4. The Morgan fingerprint density at radius 2 is 1.96 bits per heavy atom. The molecule has 0 aliphatic carbocycles. The quantitative estimate of drug-likeness (QED) is 0.771. The maximum Gasteiger partial charge on any atom is 0.243 e. The molecule has 7 nitrogen and oxygen atoms in total. The Hall–Kier alpha value is -1.94. The van der Waals surface area contributed by atoms with Crippen LogP contribution < -0.4 is 4.90 Å². The lowest BCUT2D eigenvalue weighted by atomic mass is 10.2. The van der Waals surface area contributed by atoms with Crippen LogP contribution in [0, 0.1) is 0 Å². The first-order valence-corrected chi connectivity index (χ1v) is 11.0. The molecule has 27 heavy (non-hydrogen) atoms. The normalized spacial score (nSPS) is 18.4. The van der Waals surface area contributed by atoms with Crippen molar-refractivity contribution in [2.45, 2.75) is 16.3 Å². The van der Waals surface area contributed by atoms with E-state index in [4.69, 9.17) is 4.74 Å². The fraction of sp³-hybridized carbons (Fsp3) is 0.333. The number of pyridine rings is 1. The number of sulfonamides is 1. The van der Waals surface area contributed by atoms with Crippen LogP contribution in [-0.2, 0) is 26.1 Å². The molecule has 1 saturated heterocycles. The molecular formula is C18H19N3O4S2. The van der Waals surface area contributed by atoms with Crippen molar-refractivity contribution in [1.29, 1.82) is 0 Å². The molecule has 0 N–H and O–H groups in total. The van der Waals surface area contributed by atoms with Gasteiger partial charge in [0.15, 0.2) is 0 Å². The first-order valence-electron chi connectivity index (χ1n) is 8.61. The van der Waals surface area contributed by atoms with Crippen LogP contribution in [0.4, 0.5) is 5.69 Å². The van der Waals surface area contributed by atoms with Gasteiger partial charge in [-0.1, -0.05) is 6.07 Å². The first-order chi connectivity index (χ1) is 13.1. The van der Waals surface area contributed by atoms with Gasteiger partial charge >= 0.3 is 0 Å². The van der Waals surface area contributed by atoms with Crippen LogP contribution in [0.2, 0.25) is 0 Å². The number of fused-ring (bicyclic) bond motifs is 1. The van der Waals surface area contributed by atoms with Gasteiger partial charge in [-0.2, -0.15) is 4.31 Å². The number of anilines is 1. The summed E-state index contributed by atoms with van der Waals surface area (Å²) in [5.74, 6) is 0.272. The lowest BCUT2D eigenvalue weighted by molar-refractivity contribution is -0.116. The standard InChI is InChI=1S/C18H19N3O4S2/c22-18-13-26-17-5-4-15(27(23,24)20-7-9-25-10-8-20)11-16(17)21(18)12-14-3-1-2-6-19-14/h1-6,11H,7-10,12-13H2. The van der Waals surface area contributed by atoms with E-state index in [1.165, 1.54) is 16.1 Å². The van der Waals surface area contributed by atoms with E-state index in [1.807, 2.05) is 18.2 Å². The number of carbonyl (C=O) groups is 1. The molecule has 0 atom stereocenters. The van der Waals surface area contributed by atoms with Gasteiger partial charge in [-0.3, -0.25) is 9.78 Å². The molecule has 0 spiro atoms. The van der Waals surface area contributed by atoms with Gasteiger partial charge < -0.3 is 9.64 Å². The number of hydrogen-bond donors (Lipinski definition) is 0. The molecule has 0 bridgehead atoms. The molecule has 4 rings (SSSR count). The molecule has 3 heterocycles. The van der Waals surface area contributed by atoms with Crippen molar-refractivity contribution in [1.82, 2.24) is 9.29 Å². The number of aromatic nitrogens is 1. The summed E-state index contributed by atoms with van der Waals surface area (Å²) >= 11 is 1.43. The highest BCUT2D eigenvalue weighted by Crippen LogP contribution is 2.38. The summed E-state index contributed by atoms with van der Waals surface area (Å²) in [5, 5.41) is 0. The number of nitrogens with zero attached hydrogens (tertiary/aromatic N) is 3. The number of thioether (sulfide) groups is 1. The molecule has 0 unspecified atom stereocenters. The van der Waals surface area contributed by atoms with Crippen molar-refractivity contribution in [3.05, 3.63) is 48.3 Å². The second kappa shape index (κ2) is 7.59. The molecule has 2 aliphatic heterocycles. The average molecular weight is 406 g/mol. The van der Waals surface area contributed by atoms with E-state index in [2.05, 4.69) is 4.98 Å². The molecule has 9 heteroatoms. The smallest absolute Gasteiger partial charge is 0.243 e. The highest BCUT2D eigenvalue weighted by Gasteiger charge is 2.30. The number of amides is 1. The number of ether oxygens (including phenoxy) is 1. The van der Waals surface area contributed by atoms with Gasteiger partial charge in [-0.25, -0.2) is 8.42 Å². The fourth-order valence-corrected chi connectivity index (χ4v) is 5.45. The summed E-state index contributed by atoms with van der Waals surface area (Å²) in [4.78, 5) is 19.5.